The van der Waals surface area contributed by atoms with Crippen LogP contribution in [0.25, 0.3) is 0 Å². The Hall–Kier alpha value is -0.0800. The van der Waals surface area contributed by atoms with E-state index in [1.54, 1.807) is 0 Å². The second-order valence-corrected chi connectivity index (χ2v) is 6.68. The van der Waals surface area contributed by atoms with Gasteiger partial charge in [-0.3, -0.25) is 0 Å². The second kappa shape index (κ2) is 5.27. The molecule has 1 spiro atoms. The molecule has 0 aromatic rings. The Bertz CT molecular complexity index is 243. The lowest BCUT2D eigenvalue weighted by Gasteiger charge is -2.29. The minimum Gasteiger partial charge on any atom is -0.370 e. The molecular weight excluding hydrogens is 210 g/mol. The average Bonchev–Trinajstić information content (AvgIpc) is 2.87. The number of ether oxygens (including phenoxy) is 1. The fourth-order valence-corrected chi connectivity index (χ4v) is 3.53. The van der Waals surface area contributed by atoms with Gasteiger partial charge in [0.1, 0.15) is 0 Å². The third kappa shape index (κ3) is 3.45. The first-order chi connectivity index (χ1) is 8.05. The van der Waals surface area contributed by atoms with Crippen LogP contribution in [0.2, 0.25) is 0 Å². The molecule has 17 heavy (non-hydrogen) atoms. The van der Waals surface area contributed by atoms with Crippen molar-refractivity contribution in [3.8, 4) is 0 Å². The van der Waals surface area contributed by atoms with Crippen molar-refractivity contribution in [2.45, 2.75) is 89.4 Å². The van der Waals surface area contributed by atoms with E-state index in [0.717, 1.165) is 6.54 Å². The van der Waals surface area contributed by atoms with Crippen LogP contribution >= 0.6 is 0 Å². The fraction of sp³-hybridized carbons (Fsp3) is 1.00. The molecule has 2 heteroatoms. The maximum atomic E-state index is 6.32. The zero-order valence-corrected chi connectivity index (χ0v) is 11.8. The molecule has 1 aliphatic heterocycles. The van der Waals surface area contributed by atoms with Gasteiger partial charge in [-0.1, -0.05) is 26.2 Å². The minimum atomic E-state index is 0.267. The van der Waals surface area contributed by atoms with Gasteiger partial charge in [0.25, 0.3) is 0 Å². The molecule has 1 saturated carbocycles. The van der Waals surface area contributed by atoms with E-state index in [4.69, 9.17) is 4.74 Å². The van der Waals surface area contributed by atoms with Crippen molar-refractivity contribution in [1.82, 2.24) is 5.32 Å². The van der Waals surface area contributed by atoms with Crippen LogP contribution in [-0.2, 0) is 4.74 Å². The monoisotopic (exact) mass is 239 g/mol. The standard InChI is InChI=1S/C15H29NO/c1-4-8-14(2,3)16-12-13-7-11-15(17-13)9-5-6-10-15/h13,16H,4-12H2,1-3H3. The highest BCUT2D eigenvalue weighted by atomic mass is 16.5. The molecule has 1 N–H and O–H groups in total. The van der Waals surface area contributed by atoms with E-state index in [0.29, 0.717) is 11.7 Å². The smallest absolute Gasteiger partial charge is 0.0708 e. The summed E-state index contributed by atoms with van der Waals surface area (Å²) in [4.78, 5) is 0. The number of hydrogen-bond donors (Lipinski definition) is 1. The topological polar surface area (TPSA) is 21.3 Å². The summed E-state index contributed by atoms with van der Waals surface area (Å²) in [5.41, 5.74) is 0.560. The van der Waals surface area contributed by atoms with Gasteiger partial charge in [0, 0.05) is 12.1 Å². The second-order valence-electron chi connectivity index (χ2n) is 6.68. The van der Waals surface area contributed by atoms with E-state index in [1.165, 1.54) is 51.4 Å². The summed E-state index contributed by atoms with van der Waals surface area (Å²) in [6.07, 6.45) is 10.9. The van der Waals surface area contributed by atoms with Crippen LogP contribution < -0.4 is 5.32 Å². The Kier molecular flexibility index (Phi) is 4.14. The quantitative estimate of drug-likeness (QED) is 0.791. The highest BCUT2D eigenvalue weighted by molar-refractivity contribution is 4.94. The Balaban J connectivity index is 1.74. The van der Waals surface area contributed by atoms with E-state index < -0.39 is 0 Å². The molecule has 0 radical (unpaired) electrons. The van der Waals surface area contributed by atoms with Crippen LogP contribution in [0, 0.1) is 0 Å². The van der Waals surface area contributed by atoms with Crippen LogP contribution in [0.5, 0.6) is 0 Å². The molecule has 0 amide bonds. The van der Waals surface area contributed by atoms with Crippen LogP contribution in [0.15, 0.2) is 0 Å². The number of nitrogens with one attached hydrogen (secondary N) is 1. The first-order valence-electron chi connectivity index (χ1n) is 7.48. The first-order valence-corrected chi connectivity index (χ1v) is 7.48. The van der Waals surface area contributed by atoms with Crippen LogP contribution in [0.4, 0.5) is 0 Å². The molecule has 1 unspecified atom stereocenters. The summed E-state index contributed by atoms with van der Waals surface area (Å²) < 4.78 is 6.32. The number of hydrogen-bond acceptors (Lipinski definition) is 2. The van der Waals surface area contributed by atoms with Gasteiger partial charge in [-0.25, -0.2) is 0 Å². The van der Waals surface area contributed by atoms with Crippen molar-refractivity contribution >= 4 is 0 Å². The summed E-state index contributed by atoms with van der Waals surface area (Å²) in [5, 5.41) is 3.68. The minimum absolute atomic E-state index is 0.267. The molecule has 1 heterocycles. The fourth-order valence-electron chi connectivity index (χ4n) is 3.53. The highest BCUT2D eigenvalue weighted by Gasteiger charge is 2.42. The van der Waals surface area contributed by atoms with E-state index in [-0.39, 0.29) is 5.54 Å². The summed E-state index contributed by atoms with van der Waals surface area (Å²) in [6.45, 7) is 7.89. The molecule has 2 fully saturated rings. The molecule has 0 aromatic heterocycles. The van der Waals surface area contributed by atoms with Crippen LogP contribution in [0.3, 0.4) is 0 Å². The van der Waals surface area contributed by atoms with Crippen molar-refractivity contribution < 1.29 is 4.74 Å². The lowest BCUT2D eigenvalue weighted by atomic mass is 9.97. The average molecular weight is 239 g/mol. The molecular formula is C15H29NO. The summed E-state index contributed by atoms with van der Waals surface area (Å²) in [5.74, 6) is 0. The maximum Gasteiger partial charge on any atom is 0.0708 e. The van der Waals surface area contributed by atoms with Gasteiger partial charge in [-0.2, -0.15) is 0 Å². The normalized spacial score (nSPS) is 28.1. The van der Waals surface area contributed by atoms with Gasteiger partial charge < -0.3 is 10.1 Å². The SMILES string of the molecule is CCCC(C)(C)NCC1CCC2(CCCC2)O1. The van der Waals surface area contributed by atoms with Crippen LogP contribution in [0.1, 0.15) is 72.1 Å². The third-order valence-electron chi connectivity index (χ3n) is 4.54. The van der Waals surface area contributed by atoms with Gasteiger partial charge >= 0.3 is 0 Å². The molecule has 0 aromatic carbocycles. The van der Waals surface area contributed by atoms with Crippen molar-refractivity contribution in [2.75, 3.05) is 6.54 Å². The maximum absolute atomic E-state index is 6.32. The largest absolute Gasteiger partial charge is 0.370 e. The van der Waals surface area contributed by atoms with Crippen molar-refractivity contribution in [2.24, 2.45) is 0 Å². The summed E-state index contributed by atoms with van der Waals surface area (Å²) >= 11 is 0. The van der Waals surface area contributed by atoms with Gasteiger partial charge in [-0.15, -0.1) is 0 Å². The summed E-state index contributed by atoms with van der Waals surface area (Å²) in [7, 11) is 0. The van der Waals surface area contributed by atoms with Crippen molar-refractivity contribution in [1.29, 1.82) is 0 Å². The van der Waals surface area contributed by atoms with Gasteiger partial charge in [-0.05, 0) is 46.0 Å². The predicted octanol–water partition coefficient (Wildman–Crippen LogP) is 3.65. The van der Waals surface area contributed by atoms with Gasteiger partial charge in [0.2, 0.25) is 0 Å². The van der Waals surface area contributed by atoms with E-state index in [2.05, 4.69) is 26.1 Å². The molecule has 2 rings (SSSR count). The van der Waals surface area contributed by atoms with E-state index in [9.17, 15) is 0 Å². The molecule has 1 saturated heterocycles. The van der Waals surface area contributed by atoms with Gasteiger partial charge in [0.05, 0.1) is 11.7 Å². The molecule has 1 aliphatic carbocycles. The lowest BCUT2D eigenvalue weighted by Crippen LogP contribution is -2.43. The molecule has 2 aliphatic rings. The van der Waals surface area contributed by atoms with Crippen molar-refractivity contribution in [3.63, 3.8) is 0 Å². The Labute approximate surface area is 107 Å². The highest BCUT2D eigenvalue weighted by Crippen LogP contribution is 2.43. The molecule has 2 nitrogen and oxygen atoms in total. The zero-order chi connectivity index (χ0) is 12.4. The first kappa shape index (κ1) is 13.4. The van der Waals surface area contributed by atoms with Gasteiger partial charge in [0.15, 0.2) is 0 Å². The molecule has 100 valence electrons. The third-order valence-corrected chi connectivity index (χ3v) is 4.54. The Morgan fingerprint density at radius 3 is 2.59 bits per heavy atom. The predicted molar refractivity (Wildman–Crippen MR) is 72.3 cm³/mol. The summed E-state index contributed by atoms with van der Waals surface area (Å²) in [6, 6.07) is 0. The molecule has 1 atom stereocenters. The lowest BCUT2D eigenvalue weighted by molar-refractivity contribution is -0.0371. The van der Waals surface area contributed by atoms with E-state index >= 15 is 0 Å². The Morgan fingerprint density at radius 1 is 1.24 bits per heavy atom. The Morgan fingerprint density at radius 2 is 1.94 bits per heavy atom. The van der Waals surface area contributed by atoms with Crippen LogP contribution in [-0.4, -0.2) is 23.8 Å². The molecule has 0 bridgehead atoms. The zero-order valence-electron chi connectivity index (χ0n) is 11.8. The number of rotatable bonds is 5. The van der Waals surface area contributed by atoms with Crippen molar-refractivity contribution in [3.05, 3.63) is 0 Å². The van der Waals surface area contributed by atoms with E-state index in [1.807, 2.05) is 0 Å².